The van der Waals surface area contributed by atoms with Gasteiger partial charge in [0.25, 0.3) is 5.69 Å². The summed E-state index contributed by atoms with van der Waals surface area (Å²) in [6, 6.07) is 9.62. The van der Waals surface area contributed by atoms with Gasteiger partial charge in [-0.3, -0.25) is 10.1 Å². The van der Waals surface area contributed by atoms with Crippen molar-refractivity contribution < 1.29 is 4.92 Å². The van der Waals surface area contributed by atoms with Crippen LogP contribution in [0.25, 0.3) is 22.6 Å². The molecule has 0 aliphatic carbocycles. The van der Waals surface area contributed by atoms with Gasteiger partial charge in [-0.15, -0.1) is 0 Å². The monoisotopic (exact) mass is 255 g/mol. The number of nitrogens with one attached hydrogen (secondary N) is 1. The molecule has 0 fully saturated rings. The highest BCUT2D eigenvalue weighted by atomic mass is 16.6. The molecular formula is C12H9N5O2. The summed E-state index contributed by atoms with van der Waals surface area (Å²) in [5.74, 6) is 0.997. The van der Waals surface area contributed by atoms with Crippen molar-refractivity contribution in [3.63, 3.8) is 0 Å². The van der Waals surface area contributed by atoms with Crippen LogP contribution in [0.5, 0.6) is 0 Å². The summed E-state index contributed by atoms with van der Waals surface area (Å²) in [7, 11) is 0. The number of fused-ring (bicyclic) bond motifs is 1. The number of nitrogens with zero attached hydrogens (tertiary/aromatic N) is 3. The molecule has 3 aromatic rings. The van der Waals surface area contributed by atoms with Gasteiger partial charge in [-0.1, -0.05) is 0 Å². The largest absolute Gasteiger partial charge is 0.384 e. The third kappa shape index (κ3) is 1.97. The number of H-pyrrole nitrogens is 1. The van der Waals surface area contributed by atoms with Crippen molar-refractivity contribution in [2.45, 2.75) is 0 Å². The van der Waals surface area contributed by atoms with E-state index in [2.05, 4.69) is 15.0 Å². The number of aromatic amines is 1. The maximum atomic E-state index is 10.6. The molecule has 3 rings (SSSR count). The van der Waals surface area contributed by atoms with Gasteiger partial charge >= 0.3 is 0 Å². The van der Waals surface area contributed by atoms with Gasteiger partial charge in [-0.25, -0.2) is 9.97 Å². The van der Waals surface area contributed by atoms with Gasteiger partial charge in [-0.2, -0.15) is 0 Å². The number of anilines is 1. The molecule has 0 atom stereocenters. The second-order valence-corrected chi connectivity index (χ2v) is 4.00. The third-order valence-corrected chi connectivity index (χ3v) is 2.72. The molecule has 3 N–H and O–H groups in total. The van der Waals surface area contributed by atoms with E-state index in [1.54, 1.807) is 24.3 Å². The van der Waals surface area contributed by atoms with Crippen molar-refractivity contribution in [1.29, 1.82) is 0 Å². The molecule has 7 nitrogen and oxygen atoms in total. The van der Waals surface area contributed by atoms with Crippen LogP contribution < -0.4 is 5.73 Å². The molecule has 0 aliphatic rings. The Hall–Kier alpha value is -2.96. The molecule has 0 amide bonds. The van der Waals surface area contributed by atoms with Crippen molar-refractivity contribution in [3.05, 3.63) is 46.5 Å². The first-order valence-electron chi connectivity index (χ1n) is 5.50. The summed E-state index contributed by atoms with van der Waals surface area (Å²) in [4.78, 5) is 21.6. The van der Waals surface area contributed by atoms with Gasteiger partial charge in [0.05, 0.1) is 10.4 Å². The number of benzene rings is 1. The van der Waals surface area contributed by atoms with Crippen LogP contribution >= 0.6 is 0 Å². The molecule has 1 aromatic carbocycles. The van der Waals surface area contributed by atoms with Gasteiger partial charge < -0.3 is 10.7 Å². The van der Waals surface area contributed by atoms with E-state index in [0.717, 1.165) is 11.1 Å². The number of nitrogens with two attached hydrogens (primary N) is 1. The molecule has 7 heteroatoms. The molecule has 0 aliphatic heterocycles. The number of hydrogen-bond acceptors (Lipinski definition) is 5. The van der Waals surface area contributed by atoms with E-state index in [4.69, 9.17) is 5.73 Å². The molecule has 0 bridgehead atoms. The number of aromatic nitrogens is 3. The van der Waals surface area contributed by atoms with Crippen LogP contribution in [-0.2, 0) is 0 Å². The van der Waals surface area contributed by atoms with Gasteiger partial charge in [0, 0.05) is 17.7 Å². The Morgan fingerprint density at radius 3 is 2.53 bits per heavy atom. The maximum absolute atomic E-state index is 10.6. The van der Waals surface area contributed by atoms with E-state index in [9.17, 15) is 10.1 Å². The average molecular weight is 255 g/mol. The van der Waals surface area contributed by atoms with Crippen molar-refractivity contribution in [3.8, 4) is 11.4 Å². The zero-order chi connectivity index (χ0) is 13.4. The zero-order valence-corrected chi connectivity index (χ0v) is 9.70. The first-order valence-corrected chi connectivity index (χ1v) is 5.50. The number of nitrogen functional groups attached to an aromatic ring is 1. The molecule has 19 heavy (non-hydrogen) atoms. The van der Waals surface area contributed by atoms with Gasteiger partial charge in [0.15, 0.2) is 5.65 Å². The van der Waals surface area contributed by atoms with Crippen LogP contribution in [0.15, 0.2) is 36.4 Å². The quantitative estimate of drug-likeness (QED) is 0.538. The van der Waals surface area contributed by atoms with Gasteiger partial charge in [0.1, 0.15) is 11.6 Å². The third-order valence-electron chi connectivity index (χ3n) is 2.72. The Morgan fingerprint density at radius 1 is 1.11 bits per heavy atom. The average Bonchev–Trinajstić information content (AvgIpc) is 2.81. The van der Waals surface area contributed by atoms with Crippen LogP contribution in [0.3, 0.4) is 0 Å². The fourth-order valence-electron chi connectivity index (χ4n) is 1.78. The van der Waals surface area contributed by atoms with E-state index >= 15 is 0 Å². The first-order chi connectivity index (χ1) is 9.13. The van der Waals surface area contributed by atoms with Crippen molar-refractivity contribution in [2.75, 3.05) is 5.73 Å². The van der Waals surface area contributed by atoms with E-state index < -0.39 is 4.92 Å². The number of pyridine rings is 1. The lowest BCUT2D eigenvalue weighted by atomic mass is 10.2. The molecule has 2 heterocycles. The minimum absolute atomic E-state index is 0.0437. The highest BCUT2D eigenvalue weighted by molar-refractivity contribution is 5.77. The minimum atomic E-state index is -0.440. The van der Waals surface area contributed by atoms with Gasteiger partial charge in [0.2, 0.25) is 0 Å². The molecule has 0 saturated carbocycles. The molecule has 2 aromatic heterocycles. The fraction of sp³-hybridized carbons (Fsp3) is 0. The molecule has 0 unspecified atom stereocenters. The SMILES string of the molecule is Nc1ccc2[nH]c(-c3ccc([N+](=O)[O-])cc3)nc2n1. The van der Waals surface area contributed by atoms with Crippen LogP contribution in [0.2, 0.25) is 0 Å². The molecule has 0 radical (unpaired) electrons. The normalized spacial score (nSPS) is 10.7. The van der Waals surface area contributed by atoms with Crippen molar-refractivity contribution >= 4 is 22.7 Å². The first kappa shape index (κ1) is 11.1. The Morgan fingerprint density at radius 2 is 1.84 bits per heavy atom. The summed E-state index contributed by atoms with van der Waals surface area (Å²) < 4.78 is 0. The van der Waals surface area contributed by atoms with Crippen LogP contribution in [-0.4, -0.2) is 19.9 Å². The summed E-state index contributed by atoms with van der Waals surface area (Å²) in [6.45, 7) is 0. The van der Waals surface area contributed by atoms with Gasteiger partial charge in [-0.05, 0) is 24.3 Å². The lowest BCUT2D eigenvalue weighted by molar-refractivity contribution is -0.384. The number of rotatable bonds is 2. The summed E-state index contributed by atoms with van der Waals surface area (Å²) in [6.07, 6.45) is 0. The lowest BCUT2D eigenvalue weighted by Crippen LogP contribution is -1.88. The van der Waals surface area contributed by atoms with E-state index in [-0.39, 0.29) is 5.69 Å². The Kier molecular flexibility index (Phi) is 2.38. The fourth-order valence-corrected chi connectivity index (χ4v) is 1.78. The zero-order valence-electron chi connectivity index (χ0n) is 9.70. The summed E-state index contributed by atoms with van der Waals surface area (Å²) >= 11 is 0. The Labute approximate surface area is 107 Å². The van der Waals surface area contributed by atoms with Crippen molar-refractivity contribution in [2.24, 2.45) is 0 Å². The molecule has 0 saturated heterocycles. The number of imidazole rings is 1. The summed E-state index contributed by atoms with van der Waals surface area (Å²) in [5.41, 5.74) is 7.67. The number of non-ortho nitro benzene ring substituents is 1. The second kappa shape index (κ2) is 4.05. The lowest BCUT2D eigenvalue weighted by Gasteiger charge is -1.95. The number of nitro benzene ring substituents is 1. The highest BCUT2D eigenvalue weighted by Crippen LogP contribution is 2.22. The van der Waals surface area contributed by atoms with Crippen LogP contribution in [0.4, 0.5) is 11.5 Å². The summed E-state index contributed by atoms with van der Waals surface area (Å²) in [5, 5.41) is 10.6. The molecule has 0 spiro atoms. The predicted molar refractivity (Wildman–Crippen MR) is 70.4 cm³/mol. The van der Waals surface area contributed by atoms with E-state index in [1.807, 2.05) is 0 Å². The van der Waals surface area contributed by atoms with E-state index in [1.165, 1.54) is 12.1 Å². The number of hydrogen-bond donors (Lipinski definition) is 2. The standard InChI is InChI=1S/C12H9N5O2/c13-10-6-5-9-12(15-10)16-11(14-9)7-1-3-8(4-2-7)17(18)19/h1-6H,(H3,13,14,15,16). The molecular weight excluding hydrogens is 246 g/mol. The maximum Gasteiger partial charge on any atom is 0.269 e. The highest BCUT2D eigenvalue weighted by Gasteiger charge is 2.09. The minimum Gasteiger partial charge on any atom is -0.384 e. The predicted octanol–water partition coefficient (Wildman–Crippen LogP) is 2.12. The second-order valence-electron chi connectivity index (χ2n) is 4.00. The topological polar surface area (TPSA) is 111 Å². The van der Waals surface area contributed by atoms with E-state index in [0.29, 0.717) is 17.3 Å². The number of nitro groups is 1. The Balaban J connectivity index is 2.06. The van der Waals surface area contributed by atoms with Crippen molar-refractivity contribution in [1.82, 2.24) is 15.0 Å². The molecule has 94 valence electrons. The smallest absolute Gasteiger partial charge is 0.269 e. The Bertz CT molecular complexity index is 763. The van der Waals surface area contributed by atoms with Crippen LogP contribution in [0.1, 0.15) is 0 Å². The van der Waals surface area contributed by atoms with Crippen LogP contribution in [0, 0.1) is 10.1 Å².